The standard InChI is InChI=1S/C11H13BrO2/c1-8-7-9(14-2)3-4-10(8)11(13)5-6-12/h3-4,7H,5-6H2,1-2H3. The Morgan fingerprint density at radius 2 is 2.21 bits per heavy atom. The number of benzene rings is 1. The van der Waals surface area contributed by atoms with Gasteiger partial charge in [-0.15, -0.1) is 0 Å². The van der Waals surface area contributed by atoms with Crippen LogP contribution in [-0.4, -0.2) is 18.2 Å². The molecule has 0 saturated heterocycles. The molecule has 1 aromatic rings. The van der Waals surface area contributed by atoms with E-state index in [2.05, 4.69) is 15.9 Å². The fraction of sp³-hybridized carbons (Fsp3) is 0.364. The summed E-state index contributed by atoms with van der Waals surface area (Å²) in [5.74, 6) is 0.958. The third-order valence-electron chi connectivity index (χ3n) is 2.06. The van der Waals surface area contributed by atoms with E-state index in [1.54, 1.807) is 7.11 Å². The van der Waals surface area contributed by atoms with E-state index < -0.39 is 0 Å². The SMILES string of the molecule is COc1ccc(C(=O)CCBr)c(C)c1. The number of carbonyl (C=O) groups is 1. The first-order valence-electron chi connectivity index (χ1n) is 4.43. The van der Waals surface area contributed by atoms with Gasteiger partial charge in [-0.05, 0) is 30.7 Å². The average molecular weight is 257 g/mol. The van der Waals surface area contributed by atoms with Crippen molar-refractivity contribution < 1.29 is 9.53 Å². The molecular weight excluding hydrogens is 244 g/mol. The van der Waals surface area contributed by atoms with Crippen LogP contribution in [0, 0.1) is 6.92 Å². The second kappa shape index (κ2) is 5.15. The lowest BCUT2D eigenvalue weighted by Gasteiger charge is -2.06. The number of alkyl halides is 1. The van der Waals surface area contributed by atoms with Crippen LogP contribution in [0.3, 0.4) is 0 Å². The van der Waals surface area contributed by atoms with Crippen LogP contribution < -0.4 is 4.74 Å². The number of methoxy groups -OCH3 is 1. The molecular formula is C11H13BrO2. The summed E-state index contributed by atoms with van der Waals surface area (Å²) in [7, 11) is 1.62. The van der Waals surface area contributed by atoms with Gasteiger partial charge >= 0.3 is 0 Å². The zero-order chi connectivity index (χ0) is 10.6. The van der Waals surface area contributed by atoms with Crippen molar-refractivity contribution in [2.75, 3.05) is 12.4 Å². The van der Waals surface area contributed by atoms with Gasteiger partial charge in [-0.3, -0.25) is 4.79 Å². The smallest absolute Gasteiger partial charge is 0.163 e. The van der Waals surface area contributed by atoms with Gasteiger partial charge in [-0.1, -0.05) is 15.9 Å². The molecule has 3 heteroatoms. The quantitative estimate of drug-likeness (QED) is 0.612. The van der Waals surface area contributed by atoms with Crippen molar-refractivity contribution in [2.24, 2.45) is 0 Å². The van der Waals surface area contributed by atoms with Gasteiger partial charge in [0.15, 0.2) is 5.78 Å². The van der Waals surface area contributed by atoms with Crippen LogP contribution in [0.2, 0.25) is 0 Å². The molecule has 0 unspecified atom stereocenters. The number of ketones is 1. The molecule has 76 valence electrons. The largest absolute Gasteiger partial charge is 0.497 e. The van der Waals surface area contributed by atoms with Crippen molar-refractivity contribution in [2.45, 2.75) is 13.3 Å². The molecule has 1 aromatic carbocycles. The molecule has 0 aliphatic heterocycles. The van der Waals surface area contributed by atoms with E-state index in [9.17, 15) is 4.79 Å². The first kappa shape index (κ1) is 11.2. The van der Waals surface area contributed by atoms with Crippen LogP contribution >= 0.6 is 15.9 Å². The number of hydrogen-bond donors (Lipinski definition) is 0. The van der Waals surface area contributed by atoms with E-state index in [-0.39, 0.29) is 5.78 Å². The molecule has 0 fully saturated rings. The van der Waals surface area contributed by atoms with Crippen molar-refractivity contribution in [3.8, 4) is 5.75 Å². The Bertz CT molecular complexity index is 334. The highest BCUT2D eigenvalue weighted by molar-refractivity contribution is 9.09. The summed E-state index contributed by atoms with van der Waals surface area (Å²) < 4.78 is 5.07. The first-order valence-corrected chi connectivity index (χ1v) is 5.55. The Kier molecular flexibility index (Phi) is 4.14. The number of carbonyl (C=O) groups excluding carboxylic acids is 1. The fourth-order valence-corrected chi connectivity index (χ4v) is 1.66. The van der Waals surface area contributed by atoms with Gasteiger partial charge in [0, 0.05) is 17.3 Å². The Hall–Kier alpha value is -0.830. The van der Waals surface area contributed by atoms with Gasteiger partial charge in [0.2, 0.25) is 0 Å². The Labute approximate surface area is 92.4 Å². The summed E-state index contributed by atoms with van der Waals surface area (Å²) in [5.41, 5.74) is 1.75. The molecule has 0 aromatic heterocycles. The van der Waals surface area contributed by atoms with Crippen molar-refractivity contribution in [1.82, 2.24) is 0 Å². The second-order valence-electron chi connectivity index (χ2n) is 3.04. The highest BCUT2D eigenvalue weighted by Gasteiger charge is 2.08. The lowest BCUT2D eigenvalue weighted by atomic mass is 10.0. The number of Topliss-reactive ketones (excluding diaryl/α,β-unsaturated/α-hetero) is 1. The summed E-state index contributed by atoms with van der Waals surface area (Å²) in [5, 5.41) is 0.706. The molecule has 0 aliphatic carbocycles. The predicted octanol–water partition coefficient (Wildman–Crippen LogP) is 2.97. The van der Waals surface area contributed by atoms with Crippen LogP contribution in [0.5, 0.6) is 5.75 Å². The fourth-order valence-electron chi connectivity index (χ4n) is 1.30. The predicted molar refractivity (Wildman–Crippen MR) is 60.5 cm³/mol. The highest BCUT2D eigenvalue weighted by atomic mass is 79.9. The van der Waals surface area contributed by atoms with Gasteiger partial charge in [0.25, 0.3) is 0 Å². The van der Waals surface area contributed by atoms with Crippen molar-refractivity contribution >= 4 is 21.7 Å². The van der Waals surface area contributed by atoms with E-state index in [1.165, 1.54) is 0 Å². The molecule has 1 rings (SSSR count). The Morgan fingerprint density at radius 1 is 1.50 bits per heavy atom. The van der Waals surface area contributed by atoms with E-state index in [0.717, 1.165) is 16.9 Å². The maximum Gasteiger partial charge on any atom is 0.163 e. The minimum absolute atomic E-state index is 0.169. The van der Waals surface area contributed by atoms with Crippen molar-refractivity contribution in [1.29, 1.82) is 0 Å². The van der Waals surface area contributed by atoms with E-state index in [4.69, 9.17) is 4.74 Å². The van der Waals surface area contributed by atoms with Gasteiger partial charge in [-0.2, -0.15) is 0 Å². The summed E-state index contributed by atoms with van der Waals surface area (Å²) in [6, 6.07) is 5.51. The minimum atomic E-state index is 0.169. The van der Waals surface area contributed by atoms with Gasteiger partial charge in [-0.25, -0.2) is 0 Å². The van der Waals surface area contributed by atoms with Crippen LogP contribution in [0.1, 0.15) is 22.3 Å². The minimum Gasteiger partial charge on any atom is -0.497 e. The molecule has 2 nitrogen and oxygen atoms in total. The normalized spacial score (nSPS) is 9.93. The first-order chi connectivity index (χ1) is 6.69. The number of ether oxygens (including phenoxy) is 1. The maximum absolute atomic E-state index is 11.6. The van der Waals surface area contributed by atoms with Crippen molar-refractivity contribution in [3.05, 3.63) is 29.3 Å². The maximum atomic E-state index is 11.6. The summed E-state index contributed by atoms with van der Waals surface area (Å²) in [4.78, 5) is 11.6. The number of hydrogen-bond acceptors (Lipinski definition) is 2. The van der Waals surface area contributed by atoms with Crippen LogP contribution in [0.25, 0.3) is 0 Å². The van der Waals surface area contributed by atoms with Gasteiger partial charge in [0.1, 0.15) is 5.75 Å². The number of rotatable bonds is 4. The van der Waals surface area contributed by atoms with E-state index >= 15 is 0 Å². The van der Waals surface area contributed by atoms with E-state index in [0.29, 0.717) is 11.8 Å². The molecule has 0 saturated carbocycles. The topological polar surface area (TPSA) is 26.3 Å². The molecule has 0 N–H and O–H groups in total. The second-order valence-corrected chi connectivity index (χ2v) is 3.84. The average Bonchev–Trinajstić information content (AvgIpc) is 2.17. The molecule has 0 aliphatic rings. The van der Waals surface area contributed by atoms with E-state index in [1.807, 2.05) is 25.1 Å². The monoisotopic (exact) mass is 256 g/mol. The van der Waals surface area contributed by atoms with Crippen LogP contribution in [-0.2, 0) is 0 Å². The lowest BCUT2D eigenvalue weighted by Crippen LogP contribution is -2.02. The lowest BCUT2D eigenvalue weighted by molar-refractivity contribution is 0.0989. The van der Waals surface area contributed by atoms with Gasteiger partial charge < -0.3 is 4.74 Å². The summed E-state index contributed by atoms with van der Waals surface area (Å²) in [6.45, 7) is 1.92. The van der Waals surface area contributed by atoms with Crippen molar-refractivity contribution in [3.63, 3.8) is 0 Å². The van der Waals surface area contributed by atoms with Crippen LogP contribution in [0.4, 0.5) is 0 Å². The highest BCUT2D eigenvalue weighted by Crippen LogP contribution is 2.18. The third-order valence-corrected chi connectivity index (χ3v) is 2.45. The third kappa shape index (κ3) is 2.58. The Morgan fingerprint density at radius 3 is 2.71 bits per heavy atom. The molecule has 0 heterocycles. The van der Waals surface area contributed by atoms with Crippen LogP contribution in [0.15, 0.2) is 18.2 Å². The molecule has 0 bridgehead atoms. The summed E-state index contributed by atoms with van der Waals surface area (Å²) >= 11 is 3.25. The molecule has 0 spiro atoms. The zero-order valence-corrected chi connectivity index (χ0v) is 9.93. The summed E-state index contributed by atoms with van der Waals surface area (Å²) in [6.07, 6.45) is 0.535. The molecule has 0 radical (unpaired) electrons. The number of aryl methyl sites for hydroxylation is 1. The zero-order valence-electron chi connectivity index (χ0n) is 8.34. The molecule has 14 heavy (non-hydrogen) atoms. The molecule has 0 atom stereocenters. The number of halogens is 1. The Balaban J connectivity index is 2.94. The molecule has 0 amide bonds. The van der Waals surface area contributed by atoms with Gasteiger partial charge in [0.05, 0.1) is 7.11 Å².